The lowest BCUT2D eigenvalue weighted by Crippen LogP contribution is -1.86. The average Bonchev–Trinajstić information content (AvgIpc) is 2.21. The minimum Gasteiger partial charge on any atom is -0.303 e. The van der Waals surface area contributed by atoms with Crippen LogP contribution in [0.15, 0.2) is 28.7 Å². The largest absolute Gasteiger partial charge is 0.303 e. The van der Waals surface area contributed by atoms with Crippen LogP contribution in [0.5, 0.6) is 0 Å². The molecule has 2 heteroatoms. The molecule has 0 amide bonds. The van der Waals surface area contributed by atoms with Crippen LogP contribution in [0, 0.1) is 0 Å². The number of halogens is 1. The van der Waals surface area contributed by atoms with Crippen LogP contribution in [0.2, 0.25) is 0 Å². The molecule has 1 nitrogen and oxygen atoms in total. The minimum absolute atomic E-state index is 0.709. The number of unbranched alkanes of at least 4 members (excludes halogenated alkanes) is 3. The predicted molar refractivity (Wildman–Crippen MR) is 62.4 cm³/mol. The first-order valence-corrected chi connectivity index (χ1v) is 5.80. The summed E-state index contributed by atoms with van der Waals surface area (Å²) >= 11 is 3.41. The van der Waals surface area contributed by atoms with Gasteiger partial charge in [0.25, 0.3) is 0 Å². The van der Waals surface area contributed by atoms with Crippen molar-refractivity contribution in [3.8, 4) is 0 Å². The maximum Gasteiger partial charge on any atom is 0.119 e. The van der Waals surface area contributed by atoms with Crippen molar-refractivity contribution in [1.82, 2.24) is 0 Å². The van der Waals surface area contributed by atoms with Gasteiger partial charge in [-0.2, -0.15) is 0 Å². The third-order valence-electron chi connectivity index (χ3n) is 2.20. The van der Waals surface area contributed by atoms with E-state index in [1.807, 2.05) is 0 Å². The Labute approximate surface area is 93.7 Å². The molecule has 0 N–H and O–H groups in total. The standard InChI is InChI=1S/C12H15BrO/c13-12-8-6-11(7-9-12)5-3-1-2-4-10-14/h6-10H,1-5H2. The highest BCUT2D eigenvalue weighted by molar-refractivity contribution is 9.10. The fourth-order valence-corrected chi connectivity index (χ4v) is 1.65. The molecule has 0 unspecified atom stereocenters. The van der Waals surface area contributed by atoms with Gasteiger partial charge in [-0.05, 0) is 37.0 Å². The molecule has 0 saturated heterocycles. The molecule has 0 fully saturated rings. The normalized spacial score (nSPS) is 10.1. The Bertz CT molecular complexity index is 266. The summed E-state index contributed by atoms with van der Waals surface area (Å²) in [6.07, 6.45) is 6.18. The van der Waals surface area contributed by atoms with E-state index in [0.29, 0.717) is 6.42 Å². The number of hydrogen-bond donors (Lipinski definition) is 0. The van der Waals surface area contributed by atoms with Crippen molar-refractivity contribution in [3.63, 3.8) is 0 Å². The molecule has 0 bridgehead atoms. The van der Waals surface area contributed by atoms with Crippen LogP contribution < -0.4 is 0 Å². The van der Waals surface area contributed by atoms with Gasteiger partial charge in [-0.15, -0.1) is 0 Å². The average molecular weight is 255 g/mol. The molecule has 0 atom stereocenters. The molecule has 0 radical (unpaired) electrons. The molecule has 0 aliphatic carbocycles. The van der Waals surface area contributed by atoms with Gasteiger partial charge in [0, 0.05) is 10.9 Å². The zero-order valence-corrected chi connectivity index (χ0v) is 9.79. The SMILES string of the molecule is O=CCCCCCc1ccc(Br)cc1. The van der Waals surface area contributed by atoms with Crippen molar-refractivity contribution in [1.29, 1.82) is 0 Å². The van der Waals surface area contributed by atoms with Crippen LogP contribution in [-0.2, 0) is 11.2 Å². The van der Waals surface area contributed by atoms with Gasteiger partial charge in [0.15, 0.2) is 0 Å². The molecule has 0 aromatic heterocycles. The lowest BCUT2D eigenvalue weighted by atomic mass is 10.1. The Morgan fingerprint density at radius 2 is 1.79 bits per heavy atom. The third kappa shape index (κ3) is 4.56. The summed E-state index contributed by atoms with van der Waals surface area (Å²) in [7, 11) is 0. The number of benzene rings is 1. The monoisotopic (exact) mass is 254 g/mol. The second kappa shape index (κ2) is 6.77. The number of rotatable bonds is 6. The molecule has 1 rings (SSSR count). The molecule has 0 aliphatic rings. The van der Waals surface area contributed by atoms with E-state index < -0.39 is 0 Å². The van der Waals surface area contributed by atoms with Crippen molar-refractivity contribution in [2.45, 2.75) is 32.1 Å². The fourth-order valence-electron chi connectivity index (χ4n) is 1.38. The van der Waals surface area contributed by atoms with E-state index in [2.05, 4.69) is 40.2 Å². The molecule has 0 aliphatic heterocycles. The number of carbonyl (C=O) groups is 1. The van der Waals surface area contributed by atoms with Crippen molar-refractivity contribution in [2.75, 3.05) is 0 Å². The summed E-state index contributed by atoms with van der Waals surface area (Å²) in [6.45, 7) is 0. The highest BCUT2D eigenvalue weighted by Gasteiger charge is 1.93. The van der Waals surface area contributed by atoms with Gasteiger partial charge in [-0.1, -0.05) is 34.5 Å². The van der Waals surface area contributed by atoms with Gasteiger partial charge in [-0.3, -0.25) is 0 Å². The van der Waals surface area contributed by atoms with Crippen molar-refractivity contribution in [3.05, 3.63) is 34.3 Å². The number of aldehydes is 1. The summed E-state index contributed by atoms with van der Waals surface area (Å²) < 4.78 is 1.13. The van der Waals surface area contributed by atoms with E-state index in [0.717, 1.165) is 30.0 Å². The molecular weight excluding hydrogens is 240 g/mol. The summed E-state index contributed by atoms with van der Waals surface area (Å²) in [6, 6.07) is 8.43. The van der Waals surface area contributed by atoms with Gasteiger partial charge in [-0.25, -0.2) is 0 Å². The second-order valence-electron chi connectivity index (χ2n) is 3.39. The number of aryl methyl sites for hydroxylation is 1. The predicted octanol–water partition coefficient (Wildman–Crippen LogP) is 3.75. The first-order chi connectivity index (χ1) is 6.83. The molecule has 0 heterocycles. The third-order valence-corrected chi connectivity index (χ3v) is 2.73. The molecular formula is C12H15BrO. The van der Waals surface area contributed by atoms with E-state index in [1.165, 1.54) is 12.0 Å². The van der Waals surface area contributed by atoms with Crippen LogP contribution in [-0.4, -0.2) is 6.29 Å². The first kappa shape index (κ1) is 11.4. The molecule has 1 aromatic carbocycles. The highest BCUT2D eigenvalue weighted by atomic mass is 79.9. The van der Waals surface area contributed by atoms with Gasteiger partial charge in [0.05, 0.1) is 0 Å². The molecule has 76 valence electrons. The topological polar surface area (TPSA) is 17.1 Å². The fraction of sp³-hybridized carbons (Fsp3) is 0.417. The van der Waals surface area contributed by atoms with E-state index in [-0.39, 0.29) is 0 Å². The van der Waals surface area contributed by atoms with Crippen LogP contribution in [0.4, 0.5) is 0 Å². The van der Waals surface area contributed by atoms with Crippen LogP contribution in [0.3, 0.4) is 0 Å². The minimum atomic E-state index is 0.709. The van der Waals surface area contributed by atoms with E-state index in [9.17, 15) is 4.79 Å². The van der Waals surface area contributed by atoms with E-state index >= 15 is 0 Å². The summed E-state index contributed by atoms with van der Waals surface area (Å²) in [4.78, 5) is 10.1. The van der Waals surface area contributed by atoms with Crippen molar-refractivity contribution >= 4 is 22.2 Å². The van der Waals surface area contributed by atoms with Crippen molar-refractivity contribution in [2.24, 2.45) is 0 Å². The number of carbonyl (C=O) groups excluding carboxylic acids is 1. The van der Waals surface area contributed by atoms with Crippen molar-refractivity contribution < 1.29 is 4.79 Å². The lowest BCUT2D eigenvalue weighted by molar-refractivity contribution is -0.107. The zero-order chi connectivity index (χ0) is 10.2. The Balaban J connectivity index is 2.18. The van der Waals surface area contributed by atoms with Gasteiger partial charge >= 0.3 is 0 Å². The number of hydrogen-bond acceptors (Lipinski definition) is 1. The maximum atomic E-state index is 10.1. The Morgan fingerprint density at radius 1 is 1.07 bits per heavy atom. The first-order valence-electron chi connectivity index (χ1n) is 5.01. The van der Waals surface area contributed by atoms with E-state index in [4.69, 9.17) is 0 Å². The molecule has 1 aromatic rings. The maximum absolute atomic E-state index is 10.1. The smallest absolute Gasteiger partial charge is 0.119 e. The summed E-state index contributed by atoms with van der Waals surface area (Å²) in [5.41, 5.74) is 1.37. The van der Waals surface area contributed by atoms with Gasteiger partial charge in [0.1, 0.15) is 6.29 Å². The van der Waals surface area contributed by atoms with Gasteiger partial charge in [0.2, 0.25) is 0 Å². The zero-order valence-electron chi connectivity index (χ0n) is 8.21. The lowest BCUT2D eigenvalue weighted by Gasteiger charge is -2.00. The van der Waals surface area contributed by atoms with Crippen LogP contribution in [0.1, 0.15) is 31.2 Å². The summed E-state index contributed by atoms with van der Waals surface area (Å²) in [5, 5.41) is 0. The quantitative estimate of drug-likeness (QED) is 0.558. The Morgan fingerprint density at radius 3 is 2.43 bits per heavy atom. The highest BCUT2D eigenvalue weighted by Crippen LogP contribution is 2.12. The molecule has 0 saturated carbocycles. The van der Waals surface area contributed by atoms with Crippen LogP contribution in [0.25, 0.3) is 0 Å². The van der Waals surface area contributed by atoms with E-state index in [1.54, 1.807) is 0 Å². The van der Waals surface area contributed by atoms with Gasteiger partial charge < -0.3 is 4.79 Å². The second-order valence-corrected chi connectivity index (χ2v) is 4.31. The molecule has 14 heavy (non-hydrogen) atoms. The summed E-state index contributed by atoms with van der Waals surface area (Å²) in [5.74, 6) is 0. The molecule has 0 spiro atoms. The van der Waals surface area contributed by atoms with Crippen LogP contribution >= 0.6 is 15.9 Å². The Kier molecular flexibility index (Phi) is 5.53. The Hall–Kier alpha value is -0.630.